The summed E-state index contributed by atoms with van der Waals surface area (Å²) in [6, 6.07) is 12.4. The molecule has 7 nitrogen and oxygen atoms in total. The molecule has 0 unspecified atom stereocenters. The van der Waals surface area contributed by atoms with Crippen LogP contribution in [-0.2, 0) is 14.6 Å². The van der Waals surface area contributed by atoms with E-state index in [1.165, 1.54) is 6.20 Å². The van der Waals surface area contributed by atoms with Crippen LogP contribution >= 0.6 is 11.8 Å². The lowest BCUT2D eigenvalue weighted by Crippen LogP contribution is -2.15. The SMILES string of the molecule is Cc1ccc(NC(=O)CSc2ncc(S(=O)(=O)c3ccc(C(C)C)cc3)c(N)n2)cc1C. The van der Waals surface area contributed by atoms with E-state index < -0.39 is 9.84 Å². The Morgan fingerprint density at radius 1 is 1.09 bits per heavy atom. The number of carbonyl (C=O) groups excluding carboxylic acids is 1. The number of carbonyl (C=O) groups is 1. The van der Waals surface area contributed by atoms with Crippen LogP contribution in [0.2, 0.25) is 0 Å². The molecule has 0 aliphatic rings. The monoisotopic (exact) mass is 470 g/mol. The number of nitrogens with two attached hydrogens (primary N) is 1. The first-order chi connectivity index (χ1) is 15.1. The van der Waals surface area contributed by atoms with E-state index in [4.69, 9.17) is 5.73 Å². The molecule has 0 aliphatic heterocycles. The van der Waals surface area contributed by atoms with Gasteiger partial charge in [-0.3, -0.25) is 4.79 Å². The molecule has 2 aromatic carbocycles. The maximum absolute atomic E-state index is 12.9. The number of nitrogen functional groups attached to an aromatic ring is 1. The van der Waals surface area contributed by atoms with Crippen LogP contribution in [0.4, 0.5) is 11.5 Å². The number of nitrogens with one attached hydrogen (secondary N) is 1. The van der Waals surface area contributed by atoms with Crippen molar-refractivity contribution < 1.29 is 13.2 Å². The summed E-state index contributed by atoms with van der Waals surface area (Å²) >= 11 is 1.08. The van der Waals surface area contributed by atoms with Gasteiger partial charge in [-0.05, 0) is 60.7 Å². The lowest BCUT2D eigenvalue weighted by Gasteiger charge is -2.10. The minimum absolute atomic E-state index is 0.0646. The summed E-state index contributed by atoms with van der Waals surface area (Å²) in [5, 5.41) is 3.05. The van der Waals surface area contributed by atoms with Crippen molar-refractivity contribution in [3.63, 3.8) is 0 Å². The Bertz CT molecular complexity index is 1240. The molecule has 0 radical (unpaired) electrons. The number of sulfone groups is 1. The van der Waals surface area contributed by atoms with E-state index in [-0.39, 0.29) is 32.4 Å². The molecule has 0 bridgehead atoms. The predicted molar refractivity (Wildman–Crippen MR) is 128 cm³/mol. The highest BCUT2D eigenvalue weighted by Gasteiger charge is 2.23. The zero-order chi connectivity index (χ0) is 23.5. The largest absolute Gasteiger partial charge is 0.382 e. The molecule has 3 N–H and O–H groups in total. The molecule has 3 rings (SSSR count). The number of anilines is 2. The van der Waals surface area contributed by atoms with Crippen molar-refractivity contribution in [1.82, 2.24) is 9.97 Å². The number of aryl methyl sites for hydroxylation is 2. The normalized spacial score (nSPS) is 11.5. The number of benzene rings is 2. The third-order valence-electron chi connectivity index (χ3n) is 5.03. The second-order valence-electron chi connectivity index (χ2n) is 7.77. The van der Waals surface area contributed by atoms with Gasteiger partial charge in [0.25, 0.3) is 0 Å². The molecule has 1 amide bonds. The molecule has 0 saturated heterocycles. The van der Waals surface area contributed by atoms with Crippen LogP contribution in [0.5, 0.6) is 0 Å². The van der Waals surface area contributed by atoms with E-state index in [1.807, 2.05) is 45.9 Å². The van der Waals surface area contributed by atoms with Gasteiger partial charge in [0, 0.05) is 5.69 Å². The third-order valence-corrected chi connectivity index (χ3v) is 7.68. The van der Waals surface area contributed by atoms with Crippen LogP contribution in [0.15, 0.2) is 63.6 Å². The molecule has 32 heavy (non-hydrogen) atoms. The summed E-state index contributed by atoms with van der Waals surface area (Å²) in [4.78, 5) is 20.4. The van der Waals surface area contributed by atoms with E-state index in [9.17, 15) is 13.2 Å². The maximum atomic E-state index is 12.9. The molecule has 0 aliphatic carbocycles. The zero-order valence-corrected chi connectivity index (χ0v) is 20.0. The third kappa shape index (κ3) is 5.46. The van der Waals surface area contributed by atoms with Crippen LogP contribution < -0.4 is 11.1 Å². The highest BCUT2D eigenvalue weighted by molar-refractivity contribution is 7.99. The summed E-state index contributed by atoms with van der Waals surface area (Å²) < 4.78 is 25.9. The van der Waals surface area contributed by atoms with E-state index in [0.29, 0.717) is 11.6 Å². The summed E-state index contributed by atoms with van der Waals surface area (Å²) in [5.74, 6) is -0.00848. The van der Waals surface area contributed by atoms with Gasteiger partial charge in [0.2, 0.25) is 15.7 Å². The summed E-state index contributed by atoms with van der Waals surface area (Å²) in [6.45, 7) is 8.05. The Kier molecular flexibility index (Phi) is 7.20. The molecule has 3 aromatic rings. The molecular formula is C23H26N4O3S2. The number of amides is 1. The van der Waals surface area contributed by atoms with Gasteiger partial charge in [-0.2, -0.15) is 0 Å². The van der Waals surface area contributed by atoms with Gasteiger partial charge < -0.3 is 11.1 Å². The van der Waals surface area contributed by atoms with Gasteiger partial charge in [0.15, 0.2) is 5.16 Å². The zero-order valence-electron chi connectivity index (χ0n) is 18.4. The fourth-order valence-corrected chi connectivity index (χ4v) is 4.83. The van der Waals surface area contributed by atoms with Crippen molar-refractivity contribution in [2.75, 3.05) is 16.8 Å². The molecule has 1 heterocycles. The smallest absolute Gasteiger partial charge is 0.234 e. The molecule has 9 heteroatoms. The van der Waals surface area contributed by atoms with Crippen LogP contribution in [0.1, 0.15) is 36.5 Å². The van der Waals surface area contributed by atoms with E-state index >= 15 is 0 Å². The lowest BCUT2D eigenvalue weighted by atomic mass is 10.0. The van der Waals surface area contributed by atoms with Crippen molar-refractivity contribution in [2.45, 2.75) is 48.6 Å². The van der Waals surface area contributed by atoms with Crippen molar-refractivity contribution in [2.24, 2.45) is 0 Å². The quantitative estimate of drug-likeness (QED) is 0.389. The second kappa shape index (κ2) is 9.70. The second-order valence-corrected chi connectivity index (χ2v) is 10.6. The first-order valence-electron chi connectivity index (χ1n) is 10.1. The summed E-state index contributed by atoms with van der Waals surface area (Å²) in [5.41, 5.74) is 9.92. The summed E-state index contributed by atoms with van der Waals surface area (Å²) in [6.07, 6.45) is 1.19. The van der Waals surface area contributed by atoms with Gasteiger partial charge in [-0.1, -0.05) is 43.8 Å². The fourth-order valence-electron chi connectivity index (χ4n) is 2.95. The van der Waals surface area contributed by atoms with Crippen LogP contribution in [0, 0.1) is 13.8 Å². The van der Waals surface area contributed by atoms with Gasteiger partial charge in [0.1, 0.15) is 10.7 Å². The molecule has 1 aromatic heterocycles. The average Bonchev–Trinajstić information content (AvgIpc) is 2.75. The van der Waals surface area contributed by atoms with Gasteiger partial charge >= 0.3 is 0 Å². The average molecular weight is 471 g/mol. The van der Waals surface area contributed by atoms with E-state index in [0.717, 1.165) is 28.5 Å². The van der Waals surface area contributed by atoms with Crippen LogP contribution in [0.3, 0.4) is 0 Å². The Balaban J connectivity index is 1.69. The highest BCUT2D eigenvalue weighted by atomic mass is 32.2. The summed E-state index contributed by atoms with van der Waals surface area (Å²) in [7, 11) is -3.85. The Labute approximate surface area is 192 Å². The minimum Gasteiger partial charge on any atom is -0.382 e. The number of nitrogens with zero attached hydrogens (tertiary/aromatic N) is 2. The van der Waals surface area contributed by atoms with Gasteiger partial charge in [-0.15, -0.1) is 0 Å². The Morgan fingerprint density at radius 3 is 2.38 bits per heavy atom. The molecular weight excluding hydrogens is 444 g/mol. The van der Waals surface area contributed by atoms with Crippen molar-refractivity contribution in [3.05, 3.63) is 65.4 Å². The highest BCUT2D eigenvalue weighted by Crippen LogP contribution is 2.27. The van der Waals surface area contributed by atoms with Crippen molar-refractivity contribution in [3.8, 4) is 0 Å². The number of rotatable bonds is 7. The lowest BCUT2D eigenvalue weighted by molar-refractivity contribution is -0.113. The first kappa shape index (κ1) is 23.7. The minimum atomic E-state index is -3.85. The number of aromatic nitrogens is 2. The van der Waals surface area contributed by atoms with E-state index in [2.05, 4.69) is 15.3 Å². The fraction of sp³-hybridized carbons (Fsp3) is 0.261. The van der Waals surface area contributed by atoms with Crippen LogP contribution in [0.25, 0.3) is 0 Å². The van der Waals surface area contributed by atoms with Crippen molar-refractivity contribution in [1.29, 1.82) is 0 Å². The Morgan fingerprint density at radius 2 is 1.78 bits per heavy atom. The predicted octanol–water partition coefficient (Wildman–Crippen LogP) is 4.36. The van der Waals surface area contributed by atoms with E-state index in [1.54, 1.807) is 24.3 Å². The van der Waals surface area contributed by atoms with Gasteiger partial charge in [0.05, 0.1) is 16.8 Å². The topological polar surface area (TPSA) is 115 Å². The molecule has 0 atom stereocenters. The molecule has 0 fully saturated rings. The molecule has 168 valence electrons. The number of hydrogen-bond donors (Lipinski definition) is 2. The number of hydrogen-bond acceptors (Lipinski definition) is 7. The first-order valence-corrected chi connectivity index (χ1v) is 12.5. The van der Waals surface area contributed by atoms with Crippen molar-refractivity contribution >= 4 is 39.0 Å². The Hall–Kier alpha value is -2.91. The maximum Gasteiger partial charge on any atom is 0.234 e. The van der Waals surface area contributed by atoms with Crippen LogP contribution in [-0.4, -0.2) is 30.0 Å². The molecule has 0 spiro atoms. The standard InChI is InChI=1S/C23H26N4O3S2/c1-14(2)17-6-9-19(10-7-17)32(29,30)20-12-25-23(27-22(20)24)31-13-21(28)26-18-8-5-15(3)16(4)11-18/h5-12,14H,13H2,1-4H3,(H,26,28)(H2,24,25,27). The molecule has 0 saturated carbocycles. The number of thioether (sulfide) groups is 1. The van der Waals surface area contributed by atoms with Gasteiger partial charge in [-0.25, -0.2) is 18.4 Å².